The Hall–Kier alpha value is -1.90. The largest absolute Gasteiger partial charge is 0.478 e. The molecule has 1 heterocycles. The summed E-state index contributed by atoms with van der Waals surface area (Å²) in [6, 6.07) is 3.99. The van der Waals surface area contributed by atoms with E-state index in [1.165, 1.54) is 17.7 Å². The molecule has 0 aliphatic rings. The van der Waals surface area contributed by atoms with Gasteiger partial charge >= 0.3 is 5.97 Å². The fraction of sp³-hybridized carbons (Fsp3) is 0.231. The first-order valence-corrected chi connectivity index (χ1v) is 8.08. The van der Waals surface area contributed by atoms with Crippen molar-refractivity contribution in [1.82, 2.24) is 14.5 Å². The van der Waals surface area contributed by atoms with Gasteiger partial charge in [-0.2, -0.15) is 5.10 Å². The van der Waals surface area contributed by atoms with Crippen LogP contribution in [-0.2, 0) is 23.6 Å². The number of carboxylic acids is 1. The summed E-state index contributed by atoms with van der Waals surface area (Å²) in [5, 5.41) is 13.0. The molecule has 0 unspecified atom stereocenters. The molecule has 0 aliphatic heterocycles. The molecule has 1 aromatic heterocycles. The molecule has 22 heavy (non-hydrogen) atoms. The van der Waals surface area contributed by atoms with E-state index in [1.54, 1.807) is 19.3 Å². The first-order valence-electron chi connectivity index (χ1n) is 6.22. The van der Waals surface area contributed by atoms with E-state index in [4.69, 9.17) is 16.7 Å². The second-order valence-electron chi connectivity index (χ2n) is 4.66. The summed E-state index contributed by atoms with van der Waals surface area (Å²) >= 11 is 5.92. The van der Waals surface area contributed by atoms with Crippen LogP contribution in [0.2, 0.25) is 5.02 Å². The molecule has 0 saturated carbocycles. The van der Waals surface area contributed by atoms with Crippen LogP contribution < -0.4 is 4.72 Å². The molecular weight excluding hydrogens is 330 g/mol. The van der Waals surface area contributed by atoms with Crippen molar-refractivity contribution in [2.24, 2.45) is 7.05 Å². The van der Waals surface area contributed by atoms with Gasteiger partial charge in [-0.1, -0.05) is 11.6 Å². The zero-order valence-electron chi connectivity index (χ0n) is 11.9. The summed E-state index contributed by atoms with van der Waals surface area (Å²) < 4.78 is 28.7. The van der Waals surface area contributed by atoms with E-state index in [2.05, 4.69) is 9.82 Å². The van der Waals surface area contributed by atoms with Gasteiger partial charge in [-0.05, 0) is 30.7 Å². The standard InChI is InChI=1S/C13H14ClN3O4S/c1-8-11(14)5-9(13(18)19)6-12(8)22(20,21)16-7-10-3-4-15-17(10)2/h3-6,16H,7H2,1-2H3,(H,18,19). The van der Waals surface area contributed by atoms with Crippen LogP contribution in [0.1, 0.15) is 21.6 Å². The average Bonchev–Trinajstić information content (AvgIpc) is 2.84. The van der Waals surface area contributed by atoms with Gasteiger partial charge in [0.15, 0.2) is 0 Å². The summed E-state index contributed by atoms with van der Waals surface area (Å²) in [5.74, 6) is -1.25. The molecule has 2 N–H and O–H groups in total. The molecule has 9 heteroatoms. The minimum Gasteiger partial charge on any atom is -0.478 e. The first-order chi connectivity index (χ1) is 10.2. The van der Waals surface area contributed by atoms with Crippen molar-refractivity contribution in [3.05, 3.63) is 46.2 Å². The first kappa shape index (κ1) is 16.5. The number of nitrogens with zero attached hydrogens (tertiary/aromatic N) is 2. The number of aryl methyl sites for hydroxylation is 1. The smallest absolute Gasteiger partial charge is 0.335 e. The monoisotopic (exact) mass is 343 g/mol. The Morgan fingerprint density at radius 1 is 1.45 bits per heavy atom. The summed E-state index contributed by atoms with van der Waals surface area (Å²) in [6.07, 6.45) is 1.55. The third-order valence-corrected chi connectivity index (χ3v) is 5.12. The zero-order valence-corrected chi connectivity index (χ0v) is 13.4. The molecule has 0 spiro atoms. The quantitative estimate of drug-likeness (QED) is 0.857. The number of hydrogen-bond donors (Lipinski definition) is 2. The van der Waals surface area contributed by atoms with Crippen LogP contribution >= 0.6 is 11.6 Å². The number of halogens is 1. The summed E-state index contributed by atoms with van der Waals surface area (Å²) in [5.41, 5.74) is 0.780. The van der Waals surface area contributed by atoms with Crippen molar-refractivity contribution in [1.29, 1.82) is 0 Å². The topological polar surface area (TPSA) is 101 Å². The molecule has 2 aromatic rings. The fourth-order valence-corrected chi connectivity index (χ4v) is 3.44. The number of carbonyl (C=O) groups is 1. The maximum absolute atomic E-state index is 12.4. The predicted molar refractivity (Wildman–Crippen MR) is 80.4 cm³/mol. The Labute approximate surface area is 132 Å². The number of benzene rings is 1. The van der Waals surface area contributed by atoms with Gasteiger partial charge in [0.1, 0.15) is 0 Å². The third kappa shape index (κ3) is 3.29. The number of sulfonamides is 1. The van der Waals surface area contributed by atoms with Gasteiger partial charge in [-0.15, -0.1) is 0 Å². The van der Waals surface area contributed by atoms with Gasteiger partial charge in [0, 0.05) is 18.3 Å². The highest BCUT2D eigenvalue weighted by Gasteiger charge is 2.21. The minimum atomic E-state index is -3.90. The fourth-order valence-electron chi connectivity index (χ4n) is 1.88. The lowest BCUT2D eigenvalue weighted by molar-refractivity contribution is 0.0696. The Morgan fingerprint density at radius 3 is 2.68 bits per heavy atom. The molecule has 118 valence electrons. The van der Waals surface area contributed by atoms with Crippen molar-refractivity contribution < 1.29 is 18.3 Å². The van der Waals surface area contributed by atoms with E-state index in [0.29, 0.717) is 11.3 Å². The molecule has 0 atom stereocenters. The lowest BCUT2D eigenvalue weighted by atomic mass is 10.1. The molecule has 0 amide bonds. The summed E-state index contributed by atoms with van der Waals surface area (Å²) in [6.45, 7) is 1.56. The summed E-state index contributed by atoms with van der Waals surface area (Å²) in [4.78, 5) is 10.9. The molecule has 7 nitrogen and oxygen atoms in total. The van der Waals surface area contributed by atoms with Crippen molar-refractivity contribution in [3.63, 3.8) is 0 Å². The minimum absolute atomic E-state index is 0.0349. The predicted octanol–water partition coefficient (Wildman–Crippen LogP) is 1.56. The van der Waals surface area contributed by atoms with Gasteiger partial charge in [0.05, 0.1) is 22.7 Å². The normalized spacial score (nSPS) is 11.6. The van der Waals surface area contributed by atoms with Crippen molar-refractivity contribution in [3.8, 4) is 0 Å². The Kier molecular flexibility index (Phi) is 4.55. The maximum atomic E-state index is 12.4. The number of rotatable bonds is 5. The zero-order chi connectivity index (χ0) is 16.5. The third-order valence-electron chi connectivity index (χ3n) is 3.20. The number of hydrogen-bond acceptors (Lipinski definition) is 4. The molecular formula is C13H14ClN3O4S. The molecule has 0 aliphatic carbocycles. The van der Waals surface area contributed by atoms with Gasteiger partial charge < -0.3 is 5.11 Å². The van der Waals surface area contributed by atoms with Crippen molar-refractivity contribution >= 4 is 27.6 Å². The highest BCUT2D eigenvalue weighted by molar-refractivity contribution is 7.89. The number of aromatic carboxylic acids is 1. The van der Waals surface area contributed by atoms with Crippen LogP contribution in [0.25, 0.3) is 0 Å². The Bertz CT molecular complexity index is 830. The highest BCUT2D eigenvalue weighted by Crippen LogP contribution is 2.25. The van der Waals surface area contributed by atoms with Crippen LogP contribution in [-0.4, -0.2) is 29.3 Å². The van der Waals surface area contributed by atoms with Gasteiger partial charge in [-0.25, -0.2) is 17.9 Å². The van der Waals surface area contributed by atoms with Gasteiger partial charge in [-0.3, -0.25) is 4.68 Å². The molecule has 0 bridgehead atoms. The van der Waals surface area contributed by atoms with Crippen LogP contribution in [0.4, 0.5) is 0 Å². The van der Waals surface area contributed by atoms with Crippen LogP contribution in [0, 0.1) is 6.92 Å². The van der Waals surface area contributed by atoms with E-state index in [0.717, 1.165) is 6.07 Å². The van der Waals surface area contributed by atoms with E-state index in [9.17, 15) is 13.2 Å². The van der Waals surface area contributed by atoms with E-state index < -0.39 is 16.0 Å². The second kappa shape index (κ2) is 6.07. The van der Waals surface area contributed by atoms with Gasteiger partial charge in [0.25, 0.3) is 0 Å². The number of nitrogens with one attached hydrogen (secondary N) is 1. The Morgan fingerprint density at radius 2 is 2.14 bits per heavy atom. The maximum Gasteiger partial charge on any atom is 0.335 e. The van der Waals surface area contributed by atoms with Crippen LogP contribution in [0.15, 0.2) is 29.3 Å². The lowest BCUT2D eigenvalue weighted by Gasteiger charge is -2.11. The summed E-state index contributed by atoms with van der Waals surface area (Å²) in [7, 11) is -2.21. The average molecular weight is 344 g/mol. The molecule has 0 saturated heterocycles. The van der Waals surface area contributed by atoms with E-state index in [1.807, 2.05) is 0 Å². The van der Waals surface area contributed by atoms with Crippen molar-refractivity contribution in [2.75, 3.05) is 0 Å². The molecule has 0 fully saturated rings. The second-order valence-corrected chi connectivity index (χ2v) is 6.80. The number of aromatic nitrogens is 2. The van der Waals surface area contributed by atoms with Crippen LogP contribution in [0.3, 0.4) is 0 Å². The van der Waals surface area contributed by atoms with E-state index in [-0.39, 0.29) is 22.0 Å². The van der Waals surface area contributed by atoms with Gasteiger partial charge in [0.2, 0.25) is 10.0 Å². The number of carboxylic acid groups (broad SMARTS) is 1. The Balaban J connectivity index is 2.37. The van der Waals surface area contributed by atoms with Crippen molar-refractivity contribution in [2.45, 2.75) is 18.4 Å². The molecule has 2 rings (SSSR count). The van der Waals surface area contributed by atoms with Crippen LogP contribution in [0.5, 0.6) is 0 Å². The molecule has 0 radical (unpaired) electrons. The SMILES string of the molecule is Cc1c(Cl)cc(C(=O)O)cc1S(=O)(=O)NCc1ccnn1C. The highest BCUT2D eigenvalue weighted by atomic mass is 35.5. The van der Waals surface area contributed by atoms with E-state index >= 15 is 0 Å². The molecule has 1 aromatic carbocycles. The lowest BCUT2D eigenvalue weighted by Crippen LogP contribution is -2.25.